The van der Waals surface area contributed by atoms with Gasteiger partial charge in [-0.15, -0.1) is 13.2 Å². The van der Waals surface area contributed by atoms with Crippen molar-refractivity contribution in [2.45, 2.75) is 38.7 Å². The van der Waals surface area contributed by atoms with Gasteiger partial charge in [-0.25, -0.2) is 9.97 Å². The van der Waals surface area contributed by atoms with Gasteiger partial charge in [0.25, 0.3) is 5.91 Å². The van der Waals surface area contributed by atoms with E-state index in [0.717, 1.165) is 12.5 Å². The fourth-order valence-corrected chi connectivity index (χ4v) is 3.40. The molecule has 28 heavy (non-hydrogen) atoms. The van der Waals surface area contributed by atoms with Crippen LogP contribution in [0.2, 0.25) is 0 Å². The highest BCUT2D eigenvalue weighted by Gasteiger charge is 2.34. The standard InChI is InChI=1S/C19H20F3N3O3/c1-12-23-9-14(11-26)17(24-12)13-5-4-8-25(10-13)18(27)15-6-2-3-7-16(15)28-19(20,21)22/h2-3,6-7,9,13,26H,4-5,8,10-11H2,1H3. The number of amides is 1. The number of aryl methyl sites for hydroxylation is 1. The maximum atomic E-state index is 12.9. The molecule has 1 aliphatic heterocycles. The van der Waals surface area contributed by atoms with Gasteiger partial charge in [-0.3, -0.25) is 4.79 Å². The second kappa shape index (κ2) is 8.14. The first-order chi connectivity index (χ1) is 13.3. The maximum Gasteiger partial charge on any atom is 0.573 e. The molecule has 1 N–H and O–H groups in total. The predicted octanol–water partition coefficient (Wildman–Crippen LogP) is 3.20. The molecule has 3 rings (SSSR count). The lowest BCUT2D eigenvalue weighted by molar-refractivity contribution is -0.274. The SMILES string of the molecule is Cc1ncc(CO)c(C2CCCN(C(=O)c3ccccc3OC(F)(F)F)C2)n1. The third kappa shape index (κ3) is 4.59. The van der Waals surface area contributed by atoms with Crippen molar-refractivity contribution in [3.63, 3.8) is 0 Å². The number of carbonyl (C=O) groups is 1. The summed E-state index contributed by atoms with van der Waals surface area (Å²) in [6, 6.07) is 5.32. The van der Waals surface area contributed by atoms with Crippen LogP contribution in [0.3, 0.4) is 0 Å². The Labute approximate surface area is 160 Å². The minimum absolute atomic E-state index is 0.128. The first-order valence-corrected chi connectivity index (χ1v) is 8.86. The van der Waals surface area contributed by atoms with Crippen molar-refractivity contribution in [3.8, 4) is 5.75 Å². The van der Waals surface area contributed by atoms with Crippen molar-refractivity contribution >= 4 is 5.91 Å². The number of hydrogen-bond donors (Lipinski definition) is 1. The number of carbonyl (C=O) groups excluding carboxylic acids is 1. The number of likely N-dealkylation sites (tertiary alicyclic amines) is 1. The third-order valence-corrected chi connectivity index (χ3v) is 4.63. The van der Waals surface area contributed by atoms with Crippen molar-refractivity contribution in [2.75, 3.05) is 13.1 Å². The molecule has 1 aromatic carbocycles. The van der Waals surface area contributed by atoms with Gasteiger partial charge >= 0.3 is 6.36 Å². The predicted molar refractivity (Wildman–Crippen MR) is 93.7 cm³/mol. The topological polar surface area (TPSA) is 75.6 Å². The fraction of sp³-hybridized carbons (Fsp3) is 0.421. The summed E-state index contributed by atoms with van der Waals surface area (Å²) in [6.07, 6.45) is -1.89. The van der Waals surface area contributed by atoms with Gasteiger partial charge in [0.1, 0.15) is 11.6 Å². The molecule has 1 aromatic heterocycles. The van der Waals surface area contributed by atoms with E-state index in [1.54, 1.807) is 13.1 Å². The summed E-state index contributed by atoms with van der Waals surface area (Å²) in [6.45, 7) is 2.24. The third-order valence-electron chi connectivity index (χ3n) is 4.63. The number of benzene rings is 1. The van der Waals surface area contributed by atoms with Crippen molar-refractivity contribution < 1.29 is 27.8 Å². The molecule has 1 atom stereocenters. The number of alkyl halides is 3. The second-order valence-electron chi connectivity index (χ2n) is 6.62. The van der Waals surface area contributed by atoms with Gasteiger partial charge in [0, 0.05) is 30.8 Å². The van der Waals surface area contributed by atoms with Gasteiger partial charge in [0.15, 0.2) is 0 Å². The molecule has 150 valence electrons. The van der Waals surface area contributed by atoms with E-state index in [2.05, 4.69) is 14.7 Å². The Hall–Kier alpha value is -2.68. The Balaban J connectivity index is 1.84. The van der Waals surface area contributed by atoms with Crippen LogP contribution in [0.1, 0.15) is 46.2 Å². The van der Waals surface area contributed by atoms with Crippen LogP contribution in [0.25, 0.3) is 0 Å². The fourth-order valence-electron chi connectivity index (χ4n) is 3.40. The largest absolute Gasteiger partial charge is 0.573 e. The van der Waals surface area contributed by atoms with Gasteiger partial charge in [0.2, 0.25) is 0 Å². The number of halogens is 3. The van der Waals surface area contributed by atoms with Crippen molar-refractivity contribution in [2.24, 2.45) is 0 Å². The number of aliphatic hydroxyl groups is 1. The zero-order valence-electron chi connectivity index (χ0n) is 15.2. The Morgan fingerprint density at radius 1 is 1.36 bits per heavy atom. The monoisotopic (exact) mass is 395 g/mol. The van der Waals surface area contributed by atoms with E-state index in [1.807, 2.05) is 0 Å². The summed E-state index contributed by atoms with van der Waals surface area (Å²) < 4.78 is 41.9. The number of aliphatic hydroxyl groups excluding tert-OH is 1. The molecule has 0 radical (unpaired) electrons. The molecule has 0 bridgehead atoms. The smallest absolute Gasteiger partial charge is 0.405 e. The molecule has 0 aliphatic carbocycles. The van der Waals surface area contributed by atoms with Gasteiger partial charge in [-0.05, 0) is 31.9 Å². The van der Waals surface area contributed by atoms with Crippen LogP contribution in [0.5, 0.6) is 5.75 Å². The van der Waals surface area contributed by atoms with Crippen molar-refractivity contribution in [1.82, 2.24) is 14.9 Å². The van der Waals surface area contributed by atoms with E-state index in [0.29, 0.717) is 36.6 Å². The quantitative estimate of drug-likeness (QED) is 0.861. The lowest BCUT2D eigenvalue weighted by Crippen LogP contribution is -2.40. The molecule has 1 unspecified atom stereocenters. The molecular weight excluding hydrogens is 375 g/mol. The van der Waals surface area contributed by atoms with Crippen molar-refractivity contribution in [1.29, 1.82) is 0 Å². The summed E-state index contributed by atoms with van der Waals surface area (Å²) in [5.74, 6) is -0.617. The number of ether oxygens (including phenoxy) is 1. The molecule has 0 spiro atoms. The number of aromatic nitrogens is 2. The number of hydrogen-bond acceptors (Lipinski definition) is 5. The van der Waals surface area contributed by atoms with Crippen LogP contribution >= 0.6 is 0 Å². The van der Waals surface area contributed by atoms with Crippen LogP contribution in [-0.2, 0) is 6.61 Å². The highest BCUT2D eigenvalue weighted by molar-refractivity contribution is 5.97. The summed E-state index contributed by atoms with van der Waals surface area (Å²) in [5.41, 5.74) is 1.12. The van der Waals surface area contributed by atoms with E-state index in [9.17, 15) is 23.1 Å². The molecule has 0 saturated carbocycles. The molecule has 1 saturated heterocycles. The highest BCUT2D eigenvalue weighted by Crippen LogP contribution is 2.31. The molecule has 6 nitrogen and oxygen atoms in total. The molecule has 9 heteroatoms. The molecule has 1 aliphatic rings. The summed E-state index contributed by atoms with van der Waals surface area (Å²) in [7, 11) is 0. The zero-order chi connectivity index (χ0) is 20.3. The van der Waals surface area contributed by atoms with Crippen LogP contribution in [-0.4, -0.2) is 45.3 Å². The minimum atomic E-state index is -4.88. The van der Waals surface area contributed by atoms with E-state index >= 15 is 0 Å². The summed E-state index contributed by atoms with van der Waals surface area (Å²) in [4.78, 5) is 22.9. The van der Waals surface area contributed by atoms with Crippen LogP contribution in [0.15, 0.2) is 30.5 Å². The van der Waals surface area contributed by atoms with E-state index < -0.39 is 18.0 Å². The van der Waals surface area contributed by atoms with Gasteiger partial charge in [0.05, 0.1) is 17.9 Å². The normalized spacial score (nSPS) is 17.5. The lowest BCUT2D eigenvalue weighted by Gasteiger charge is -2.33. The Kier molecular flexibility index (Phi) is 5.83. The molecular formula is C19H20F3N3O3. The van der Waals surface area contributed by atoms with Gasteiger partial charge < -0.3 is 14.7 Å². The van der Waals surface area contributed by atoms with Crippen LogP contribution in [0, 0.1) is 6.92 Å². The molecule has 1 amide bonds. The van der Waals surface area contributed by atoms with Gasteiger partial charge in [-0.2, -0.15) is 0 Å². The summed E-state index contributed by atoms with van der Waals surface area (Å²) in [5, 5.41) is 9.55. The molecule has 1 fully saturated rings. The second-order valence-corrected chi connectivity index (χ2v) is 6.62. The highest BCUT2D eigenvalue weighted by atomic mass is 19.4. The number of para-hydroxylation sites is 1. The molecule has 2 aromatic rings. The Bertz CT molecular complexity index is 858. The Morgan fingerprint density at radius 3 is 2.82 bits per heavy atom. The maximum absolute atomic E-state index is 12.9. The van der Waals surface area contributed by atoms with Crippen LogP contribution < -0.4 is 4.74 Å². The summed E-state index contributed by atoms with van der Waals surface area (Å²) >= 11 is 0. The number of nitrogens with zero attached hydrogens (tertiary/aromatic N) is 3. The number of piperidine rings is 1. The average molecular weight is 395 g/mol. The first kappa shape index (κ1) is 20.1. The van der Waals surface area contributed by atoms with E-state index in [1.165, 1.54) is 23.1 Å². The van der Waals surface area contributed by atoms with E-state index in [4.69, 9.17) is 0 Å². The van der Waals surface area contributed by atoms with Crippen molar-refractivity contribution in [3.05, 3.63) is 53.1 Å². The molecule has 2 heterocycles. The van der Waals surface area contributed by atoms with Crippen LogP contribution in [0.4, 0.5) is 13.2 Å². The first-order valence-electron chi connectivity index (χ1n) is 8.86. The average Bonchev–Trinajstić information content (AvgIpc) is 2.67. The van der Waals surface area contributed by atoms with Gasteiger partial charge in [-0.1, -0.05) is 12.1 Å². The lowest BCUT2D eigenvalue weighted by atomic mass is 9.91. The Morgan fingerprint density at radius 2 is 2.11 bits per heavy atom. The number of rotatable bonds is 4. The van der Waals surface area contributed by atoms with E-state index in [-0.39, 0.29) is 18.1 Å². The zero-order valence-corrected chi connectivity index (χ0v) is 15.2. The minimum Gasteiger partial charge on any atom is -0.405 e.